The minimum absolute atomic E-state index is 0.121. The number of anilines is 1. The molecule has 1 fully saturated rings. The second-order valence-electron chi connectivity index (χ2n) is 5.41. The highest BCUT2D eigenvalue weighted by Gasteiger charge is 2.30. The number of fused-ring (bicyclic) bond motifs is 1. The van der Waals surface area contributed by atoms with Gasteiger partial charge < -0.3 is 15.0 Å². The van der Waals surface area contributed by atoms with Gasteiger partial charge in [-0.1, -0.05) is 18.2 Å². The fourth-order valence-electron chi connectivity index (χ4n) is 2.90. The highest BCUT2D eigenvalue weighted by molar-refractivity contribution is 5.87. The van der Waals surface area contributed by atoms with Gasteiger partial charge in [0.15, 0.2) is 0 Å². The summed E-state index contributed by atoms with van der Waals surface area (Å²) in [4.78, 5) is 14.2. The molecule has 0 spiro atoms. The molecule has 1 unspecified atom stereocenters. The molecule has 2 atom stereocenters. The normalized spacial score (nSPS) is 24.9. The van der Waals surface area contributed by atoms with Crippen molar-refractivity contribution in [3.05, 3.63) is 29.8 Å². The van der Waals surface area contributed by atoms with Crippen molar-refractivity contribution in [2.24, 2.45) is 0 Å². The molecule has 4 nitrogen and oxygen atoms in total. The summed E-state index contributed by atoms with van der Waals surface area (Å²) < 4.78 is 5.58. The van der Waals surface area contributed by atoms with Crippen LogP contribution in [-0.4, -0.2) is 43.2 Å². The van der Waals surface area contributed by atoms with Gasteiger partial charge in [-0.2, -0.15) is 0 Å². The molecule has 0 aliphatic carbocycles. The van der Waals surface area contributed by atoms with Crippen LogP contribution in [0.15, 0.2) is 24.3 Å². The topological polar surface area (TPSA) is 41.6 Å². The molecule has 0 aromatic heterocycles. The third-order valence-corrected chi connectivity index (χ3v) is 3.95. The smallest absolute Gasteiger partial charge is 0.245 e. The lowest BCUT2D eigenvalue weighted by molar-refractivity contribution is -0.131. The summed E-state index contributed by atoms with van der Waals surface area (Å²) in [5.74, 6) is 0.159. The Morgan fingerprint density at radius 3 is 3.05 bits per heavy atom. The number of amides is 1. The summed E-state index contributed by atoms with van der Waals surface area (Å²) in [6, 6.07) is 8.00. The van der Waals surface area contributed by atoms with Crippen molar-refractivity contribution in [2.45, 2.75) is 31.4 Å². The fraction of sp³-hybridized carbons (Fsp3) is 0.533. The van der Waals surface area contributed by atoms with Crippen LogP contribution in [0, 0.1) is 0 Å². The van der Waals surface area contributed by atoms with Crippen LogP contribution in [0.1, 0.15) is 18.4 Å². The lowest BCUT2D eigenvalue weighted by Gasteiger charge is -2.24. The Kier molecular flexibility index (Phi) is 3.42. The molecule has 0 saturated carbocycles. The number of ether oxygens (including phenoxy) is 1. The van der Waals surface area contributed by atoms with Crippen LogP contribution in [0.5, 0.6) is 0 Å². The van der Waals surface area contributed by atoms with Crippen LogP contribution in [0.3, 0.4) is 0 Å². The van der Waals surface area contributed by atoms with Gasteiger partial charge in [-0.05, 0) is 24.5 Å². The van der Waals surface area contributed by atoms with Crippen molar-refractivity contribution in [2.75, 3.05) is 25.5 Å². The van der Waals surface area contributed by atoms with Crippen molar-refractivity contribution < 1.29 is 9.53 Å². The van der Waals surface area contributed by atoms with Gasteiger partial charge in [0.25, 0.3) is 0 Å². The first-order valence-corrected chi connectivity index (χ1v) is 6.95. The average molecular weight is 260 g/mol. The molecule has 3 rings (SSSR count). The zero-order valence-corrected chi connectivity index (χ0v) is 11.3. The van der Waals surface area contributed by atoms with E-state index in [9.17, 15) is 4.79 Å². The number of likely N-dealkylation sites (N-methyl/N-ethyl adjacent to an activating group) is 1. The monoisotopic (exact) mass is 260 g/mol. The molecule has 1 amide bonds. The number of benzene rings is 1. The number of rotatable bonds is 3. The zero-order chi connectivity index (χ0) is 13.2. The molecule has 0 bridgehead atoms. The molecule has 19 heavy (non-hydrogen) atoms. The quantitative estimate of drug-likeness (QED) is 0.898. The van der Waals surface area contributed by atoms with E-state index in [0.29, 0.717) is 6.54 Å². The number of hydrogen-bond donors (Lipinski definition) is 1. The SMILES string of the molecule is CN(CC1CCCO1)C(=O)[C@@H]1Cc2ccccc2N1. The summed E-state index contributed by atoms with van der Waals surface area (Å²) in [6.45, 7) is 1.53. The van der Waals surface area contributed by atoms with Crippen LogP contribution in [0.2, 0.25) is 0 Å². The molecule has 2 aliphatic rings. The van der Waals surface area contributed by atoms with Gasteiger partial charge in [-0.15, -0.1) is 0 Å². The molecular weight excluding hydrogens is 240 g/mol. The van der Waals surface area contributed by atoms with E-state index in [-0.39, 0.29) is 18.1 Å². The van der Waals surface area contributed by atoms with Gasteiger partial charge in [0.2, 0.25) is 5.91 Å². The van der Waals surface area contributed by atoms with Crippen LogP contribution in [0.4, 0.5) is 5.69 Å². The first-order valence-electron chi connectivity index (χ1n) is 6.95. The number of nitrogens with one attached hydrogen (secondary N) is 1. The van der Waals surface area contributed by atoms with Gasteiger partial charge >= 0.3 is 0 Å². The highest BCUT2D eigenvalue weighted by Crippen LogP contribution is 2.26. The molecule has 1 saturated heterocycles. The number of carbonyl (C=O) groups excluding carboxylic acids is 1. The summed E-state index contributed by atoms with van der Waals surface area (Å²) in [7, 11) is 1.87. The third kappa shape index (κ3) is 2.59. The standard InChI is InChI=1S/C15H20N2O2/c1-17(10-12-6-4-8-19-12)15(18)14-9-11-5-2-3-7-13(11)16-14/h2-3,5,7,12,14,16H,4,6,8-10H2,1H3/t12?,14-/m0/s1. The maximum atomic E-state index is 12.4. The van der Waals surface area contributed by atoms with Crippen molar-refractivity contribution in [1.82, 2.24) is 4.90 Å². The number of nitrogens with zero attached hydrogens (tertiary/aromatic N) is 1. The molecule has 1 aromatic rings. The largest absolute Gasteiger partial charge is 0.376 e. The van der Waals surface area contributed by atoms with Crippen LogP contribution < -0.4 is 5.32 Å². The van der Waals surface area contributed by atoms with Crippen molar-refractivity contribution >= 4 is 11.6 Å². The van der Waals surface area contributed by atoms with Gasteiger partial charge in [-0.3, -0.25) is 4.79 Å². The minimum atomic E-state index is -0.121. The average Bonchev–Trinajstić information content (AvgIpc) is 3.05. The summed E-state index contributed by atoms with van der Waals surface area (Å²) in [5, 5.41) is 3.31. The highest BCUT2D eigenvalue weighted by atomic mass is 16.5. The van der Waals surface area contributed by atoms with Gasteiger partial charge in [0.1, 0.15) is 6.04 Å². The molecule has 0 radical (unpaired) electrons. The molecule has 4 heteroatoms. The predicted octanol–water partition coefficient (Wildman–Crippen LogP) is 1.66. The Morgan fingerprint density at radius 2 is 2.32 bits per heavy atom. The first-order chi connectivity index (χ1) is 9.24. The van der Waals surface area contributed by atoms with E-state index in [4.69, 9.17) is 4.74 Å². The van der Waals surface area contributed by atoms with Crippen LogP contribution in [0.25, 0.3) is 0 Å². The minimum Gasteiger partial charge on any atom is -0.376 e. The summed E-state index contributed by atoms with van der Waals surface area (Å²) >= 11 is 0. The first kappa shape index (κ1) is 12.5. The summed E-state index contributed by atoms with van der Waals surface area (Å²) in [5.41, 5.74) is 2.32. The molecule has 1 aromatic carbocycles. The Labute approximate surface area is 113 Å². The molecule has 2 heterocycles. The molecule has 2 aliphatic heterocycles. The van der Waals surface area contributed by atoms with Crippen molar-refractivity contribution in [3.8, 4) is 0 Å². The van der Waals surface area contributed by atoms with E-state index in [2.05, 4.69) is 11.4 Å². The predicted molar refractivity (Wildman–Crippen MR) is 74.2 cm³/mol. The van der Waals surface area contributed by atoms with Crippen molar-refractivity contribution in [3.63, 3.8) is 0 Å². The van der Waals surface area contributed by atoms with E-state index >= 15 is 0 Å². The van der Waals surface area contributed by atoms with E-state index < -0.39 is 0 Å². The Hall–Kier alpha value is -1.55. The third-order valence-electron chi connectivity index (χ3n) is 3.95. The van der Waals surface area contributed by atoms with Crippen LogP contribution in [-0.2, 0) is 16.0 Å². The second-order valence-corrected chi connectivity index (χ2v) is 5.41. The number of carbonyl (C=O) groups is 1. The van der Waals surface area contributed by atoms with Crippen LogP contribution >= 0.6 is 0 Å². The Morgan fingerprint density at radius 1 is 1.47 bits per heavy atom. The number of para-hydroxylation sites is 1. The van der Waals surface area contributed by atoms with Crippen molar-refractivity contribution in [1.29, 1.82) is 0 Å². The van der Waals surface area contributed by atoms with Gasteiger partial charge in [0, 0.05) is 32.3 Å². The fourth-order valence-corrected chi connectivity index (χ4v) is 2.90. The maximum absolute atomic E-state index is 12.4. The zero-order valence-electron chi connectivity index (χ0n) is 11.3. The number of hydrogen-bond acceptors (Lipinski definition) is 3. The van der Waals surface area contributed by atoms with E-state index in [0.717, 1.165) is 31.6 Å². The maximum Gasteiger partial charge on any atom is 0.245 e. The van der Waals surface area contributed by atoms with E-state index in [1.54, 1.807) is 4.90 Å². The van der Waals surface area contributed by atoms with Gasteiger partial charge in [-0.25, -0.2) is 0 Å². The summed E-state index contributed by atoms with van der Waals surface area (Å²) in [6.07, 6.45) is 3.18. The Balaban J connectivity index is 1.59. The molecule has 102 valence electrons. The van der Waals surface area contributed by atoms with E-state index in [1.165, 1.54) is 5.56 Å². The molecular formula is C15H20N2O2. The molecule has 1 N–H and O–H groups in total. The second kappa shape index (κ2) is 5.21. The Bertz CT molecular complexity index is 444. The lowest BCUT2D eigenvalue weighted by atomic mass is 10.1. The van der Waals surface area contributed by atoms with E-state index in [1.807, 2.05) is 25.2 Å². The lowest BCUT2D eigenvalue weighted by Crippen LogP contribution is -2.43. The van der Waals surface area contributed by atoms with Gasteiger partial charge in [0.05, 0.1) is 6.10 Å².